The highest BCUT2D eigenvalue weighted by Crippen LogP contribution is 2.49. The molecule has 3 fully saturated rings. The molecular formula is C47H62ClFN6O5. The average Bonchev–Trinajstić information content (AvgIpc) is 3.87. The number of hydrogen-bond donors (Lipinski definition) is 3. The molecule has 0 radical (unpaired) electrons. The van der Waals surface area contributed by atoms with Crippen LogP contribution in [0.25, 0.3) is 0 Å². The number of halogens is 2. The fourth-order valence-corrected chi connectivity index (χ4v) is 9.42. The third-order valence-corrected chi connectivity index (χ3v) is 12.3. The maximum absolute atomic E-state index is 15.1. The van der Waals surface area contributed by atoms with Crippen molar-refractivity contribution in [3.63, 3.8) is 0 Å². The molecule has 1 saturated carbocycles. The number of anilines is 1. The fourth-order valence-electron chi connectivity index (χ4n) is 9.23. The Morgan fingerprint density at radius 3 is 2.40 bits per heavy atom. The molecule has 4 aliphatic rings. The number of ether oxygens (including phenoxy) is 1. The van der Waals surface area contributed by atoms with Gasteiger partial charge in [-0.3, -0.25) is 19.2 Å². The first-order valence-corrected chi connectivity index (χ1v) is 22.0. The van der Waals surface area contributed by atoms with Gasteiger partial charge in [-0.05, 0) is 74.4 Å². The number of amides is 4. The summed E-state index contributed by atoms with van der Waals surface area (Å²) in [6.45, 7) is 10.2. The summed E-state index contributed by atoms with van der Waals surface area (Å²) in [5.41, 5.74) is 2.74. The molecule has 11 nitrogen and oxygen atoms in total. The van der Waals surface area contributed by atoms with E-state index in [9.17, 15) is 19.2 Å². The van der Waals surface area contributed by atoms with Crippen LogP contribution in [-0.2, 0) is 23.9 Å². The van der Waals surface area contributed by atoms with Crippen molar-refractivity contribution in [1.82, 2.24) is 20.5 Å². The number of hydrazone groups is 1. The Balaban J connectivity index is 0.000000219. The zero-order chi connectivity index (χ0) is 43.1. The van der Waals surface area contributed by atoms with Gasteiger partial charge in [0.15, 0.2) is 0 Å². The third kappa shape index (κ3) is 11.6. The van der Waals surface area contributed by atoms with Gasteiger partial charge in [0.1, 0.15) is 5.82 Å². The molecule has 3 aromatic rings. The topological polar surface area (TPSA) is 132 Å². The van der Waals surface area contributed by atoms with Crippen molar-refractivity contribution < 1.29 is 28.3 Å². The molecule has 60 heavy (non-hydrogen) atoms. The summed E-state index contributed by atoms with van der Waals surface area (Å²) in [5, 5.41) is 15.8. The number of likely N-dealkylation sites (tertiary alicyclic amines) is 1. The number of carbonyl (C=O) groups is 4. The van der Waals surface area contributed by atoms with Crippen molar-refractivity contribution in [1.29, 1.82) is 0 Å². The monoisotopic (exact) mass is 844 g/mol. The van der Waals surface area contributed by atoms with E-state index in [4.69, 9.17) is 16.3 Å². The normalized spacial score (nSPS) is 22.0. The second-order valence-corrected chi connectivity index (χ2v) is 16.3. The van der Waals surface area contributed by atoms with Crippen LogP contribution < -0.4 is 16.0 Å². The van der Waals surface area contributed by atoms with Gasteiger partial charge in [-0.2, -0.15) is 5.10 Å². The maximum Gasteiger partial charge on any atom is 0.246 e. The first-order chi connectivity index (χ1) is 29.1. The summed E-state index contributed by atoms with van der Waals surface area (Å²) in [7, 11) is 0. The Morgan fingerprint density at radius 1 is 0.983 bits per heavy atom. The van der Waals surface area contributed by atoms with Crippen molar-refractivity contribution >= 4 is 47.6 Å². The highest BCUT2D eigenvalue weighted by atomic mass is 35.5. The van der Waals surface area contributed by atoms with Crippen LogP contribution >= 0.6 is 11.6 Å². The molecule has 13 heteroatoms. The van der Waals surface area contributed by atoms with Crippen LogP contribution in [0, 0.1) is 24.6 Å². The maximum atomic E-state index is 15.1. The van der Waals surface area contributed by atoms with Gasteiger partial charge in [0.25, 0.3) is 0 Å². The summed E-state index contributed by atoms with van der Waals surface area (Å²) in [6.07, 6.45) is 10.0. The molecule has 1 spiro atoms. The molecule has 4 atom stereocenters. The lowest BCUT2D eigenvalue weighted by Crippen LogP contribution is -2.51. The smallest absolute Gasteiger partial charge is 0.246 e. The summed E-state index contributed by atoms with van der Waals surface area (Å²) in [6, 6.07) is 22.6. The Kier molecular flexibility index (Phi) is 17.6. The number of aryl methyl sites for hydroxylation is 1. The number of carbonyl (C=O) groups excluding carboxylic acids is 4. The second-order valence-electron chi connectivity index (χ2n) is 15.9. The van der Waals surface area contributed by atoms with Crippen LogP contribution in [0.3, 0.4) is 0 Å². The molecule has 3 aliphatic heterocycles. The zero-order valence-electron chi connectivity index (χ0n) is 35.5. The summed E-state index contributed by atoms with van der Waals surface area (Å²) in [5.74, 6) is -0.825. The lowest BCUT2D eigenvalue weighted by atomic mass is 9.68. The summed E-state index contributed by atoms with van der Waals surface area (Å²) in [4.78, 5) is 50.9. The Hall–Kier alpha value is -4.65. The van der Waals surface area contributed by atoms with Gasteiger partial charge in [-0.25, -0.2) is 9.40 Å². The van der Waals surface area contributed by atoms with Gasteiger partial charge in [0, 0.05) is 66.4 Å². The molecule has 3 N–H and O–H groups in total. The first-order valence-electron chi connectivity index (χ1n) is 21.6. The molecule has 4 amide bonds. The van der Waals surface area contributed by atoms with Crippen LogP contribution in [0.2, 0.25) is 5.02 Å². The average molecular weight is 846 g/mol. The summed E-state index contributed by atoms with van der Waals surface area (Å²) < 4.78 is 20.5. The van der Waals surface area contributed by atoms with Gasteiger partial charge < -0.3 is 25.6 Å². The van der Waals surface area contributed by atoms with Crippen LogP contribution in [0.15, 0.2) is 77.9 Å². The molecule has 3 unspecified atom stereocenters. The highest BCUT2D eigenvalue weighted by molar-refractivity contribution is 6.30. The number of rotatable bonds is 12. The van der Waals surface area contributed by atoms with E-state index in [1.165, 1.54) is 6.42 Å². The standard InChI is InChI=1S/C24H28ClFN2O.C21H28N4O4.C2H6/c1-15-8-6-11-19(22(15)26)20-16(2)28-24(12-4-3-5-13-24)21(20)23(29)27-18-10-7-9-17(25)14-18;26-16-22-11-15-29-14-9-20(27)24-12-7-18(8-13-24)21(28)25-19(6-10-23-25)17-4-2-1-3-5-17;1-2/h6-11,14,16,20-21,28H,3-5,12-13H2,1-2H3,(H,27,29);1-5,10,16,18-19H,6-9,11-15H2,(H,22,26);1-2H3/t16-,20?,21?;;/m0../s1. The lowest BCUT2D eigenvalue weighted by molar-refractivity contribution is -0.142. The first kappa shape index (κ1) is 46.4. The molecule has 0 bridgehead atoms. The van der Waals surface area contributed by atoms with Crippen LogP contribution in [-0.4, -0.2) is 84.7 Å². The molecule has 1 aliphatic carbocycles. The Labute approximate surface area is 359 Å². The van der Waals surface area contributed by atoms with E-state index in [1.807, 2.05) is 68.4 Å². The van der Waals surface area contributed by atoms with E-state index in [0.717, 1.165) is 37.7 Å². The van der Waals surface area contributed by atoms with Gasteiger partial charge >= 0.3 is 0 Å². The van der Waals surface area contributed by atoms with Crippen molar-refractivity contribution in [3.8, 4) is 0 Å². The lowest BCUT2D eigenvalue weighted by Gasteiger charge is -2.39. The zero-order valence-corrected chi connectivity index (χ0v) is 36.3. The minimum atomic E-state index is -0.340. The Bertz CT molecular complexity index is 1900. The van der Waals surface area contributed by atoms with Crippen molar-refractivity contribution in [2.45, 2.75) is 109 Å². The predicted octanol–water partition coefficient (Wildman–Crippen LogP) is 8.18. The van der Waals surface area contributed by atoms with Gasteiger partial charge in [0.05, 0.1) is 31.6 Å². The van der Waals surface area contributed by atoms with Crippen molar-refractivity contribution in [3.05, 3.63) is 100 Å². The third-order valence-electron chi connectivity index (χ3n) is 12.1. The predicted molar refractivity (Wildman–Crippen MR) is 235 cm³/mol. The van der Waals surface area contributed by atoms with Crippen LogP contribution in [0.5, 0.6) is 0 Å². The molecule has 3 heterocycles. The summed E-state index contributed by atoms with van der Waals surface area (Å²) >= 11 is 6.10. The van der Waals surface area contributed by atoms with Crippen LogP contribution in [0.1, 0.15) is 107 Å². The quantitative estimate of drug-likeness (QED) is 0.125. The number of nitrogens with one attached hydrogen (secondary N) is 3. The van der Waals surface area contributed by atoms with E-state index in [1.54, 1.807) is 41.2 Å². The largest absolute Gasteiger partial charge is 0.379 e. The van der Waals surface area contributed by atoms with Gasteiger partial charge in [-0.15, -0.1) is 0 Å². The number of hydrogen-bond acceptors (Lipinski definition) is 7. The molecular weight excluding hydrogens is 783 g/mol. The minimum absolute atomic E-state index is 0.0134. The minimum Gasteiger partial charge on any atom is -0.379 e. The van der Waals surface area contributed by atoms with Gasteiger partial charge in [0.2, 0.25) is 24.1 Å². The van der Waals surface area contributed by atoms with Crippen molar-refractivity contribution in [2.24, 2.45) is 16.9 Å². The van der Waals surface area contributed by atoms with E-state index < -0.39 is 0 Å². The van der Waals surface area contributed by atoms with Crippen LogP contribution in [0.4, 0.5) is 10.1 Å². The SMILES string of the molecule is CC.Cc1cccc(C2C(C(=O)Nc3cccc(Cl)c3)C3(CCCCC3)N[C@H]2C)c1F.O=CNCCOCCC(=O)N1CCC(C(=O)N2N=CCC2c2ccccc2)CC1. The molecule has 324 valence electrons. The fraction of sp³-hybridized carbons (Fsp3) is 0.511. The number of benzene rings is 3. The molecule has 0 aromatic heterocycles. The van der Waals surface area contributed by atoms with Crippen molar-refractivity contribution in [2.75, 3.05) is 38.2 Å². The number of piperidine rings is 1. The Morgan fingerprint density at radius 2 is 1.70 bits per heavy atom. The van der Waals surface area contributed by atoms with Gasteiger partial charge in [-0.1, -0.05) is 99.3 Å². The van der Waals surface area contributed by atoms with E-state index in [0.29, 0.717) is 80.4 Å². The second kappa shape index (κ2) is 22.8. The molecule has 2 saturated heterocycles. The van der Waals surface area contributed by atoms with E-state index in [2.05, 4.69) is 28.0 Å². The number of nitrogens with zero attached hydrogens (tertiary/aromatic N) is 3. The molecule has 7 rings (SSSR count). The highest BCUT2D eigenvalue weighted by Gasteiger charge is 2.56. The van der Waals surface area contributed by atoms with E-state index >= 15 is 4.39 Å². The van der Waals surface area contributed by atoms with E-state index in [-0.39, 0.29) is 58.9 Å². The molecule has 3 aromatic carbocycles.